The van der Waals surface area contributed by atoms with Crippen LogP contribution in [-0.2, 0) is 12.8 Å². The summed E-state index contributed by atoms with van der Waals surface area (Å²) < 4.78 is 0. The average Bonchev–Trinajstić information content (AvgIpc) is 2.27. The monoisotopic (exact) mass is 231 g/mol. The molecule has 1 aromatic heterocycles. The van der Waals surface area contributed by atoms with Crippen molar-refractivity contribution in [1.29, 1.82) is 0 Å². The first-order valence-corrected chi connectivity index (χ1v) is 6.20. The molecule has 0 saturated heterocycles. The molecule has 16 heavy (non-hydrogen) atoms. The maximum absolute atomic E-state index is 6.26. The van der Waals surface area contributed by atoms with Crippen molar-refractivity contribution in [2.75, 3.05) is 0 Å². The molecule has 1 aliphatic rings. The molecule has 0 spiro atoms. The van der Waals surface area contributed by atoms with Crippen LogP contribution in [0.2, 0.25) is 5.02 Å². The Bertz CT molecular complexity index is 560. The van der Waals surface area contributed by atoms with E-state index >= 15 is 0 Å². The molecule has 0 bridgehead atoms. The van der Waals surface area contributed by atoms with E-state index in [-0.39, 0.29) is 0 Å². The van der Waals surface area contributed by atoms with Gasteiger partial charge in [0, 0.05) is 11.1 Å². The van der Waals surface area contributed by atoms with Crippen molar-refractivity contribution in [3.05, 3.63) is 40.0 Å². The molecule has 0 fully saturated rings. The summed E-state index contributed by atoms with van der Waals surface area (Å²) in [6.45, 7) is 1.99. The minimum atomic E-state index is 0.830. The van der Waals surface area contributed by atoms with Crippen molar-refractivity contribution in [1.82, 2.24) is 4.98 Å². The quantitative estimate of drug-likeness (QED) is 0.666. The number of halogens is 1. The van der Waals surface area contributed by atoms with Gasteiger partial charge in [-0.05, 0) is 61.9 Å². The van der Waals surface area contributed by atoms with Crippen LogP contribution in [0.1, 0.15) is 29.7 Å². The highest BCUT2D eigenvalue weighted by Crippen LogP contribution is 2.29. The van der Waals surface area contributed by atoms with Gasteiger partial charge in [-0.1, -0.05) is 11.6 Å². The SMILES string of the molecule is Cc1cc(Cl)c2cc3c(cc2n1)CCCC3. The van der Waals surface area contributed by atoms with Crippen molar-refractivity contribution >= 4 is 22.5 Å². The van der Waals surface area contributed by atoms with Gasteiger partial charge in [-0.25, -0.2) is 0 Å². The van der Waals surface area contributed by atoms with Crippen molar-refractivity contribution in [2.45, 2.75) is 32.6 Å². The Kier molecular flexibility index (Phi) is 2.36. The standard InChI is InChI=1S/C14H14ClN/c1-9-6-13(15)12-7-10-4-2-3-5-11(10)8-14(12)16-9/h6-8H,2-5H2,1H3. The van der Waals surface area contributed by atoms with Crippen molar-refractivity contribution in [2.24, 2.45) is 0 Å². The van der Waals surface area contributed by atoms with Crippen LogP contribution in [0.25, 0.3) is 10.9 Å². The van der Waals surface area contributed by atoms with Crippen LogP contribution in [0, 0.1) is 6.92 Å². The second-order valence-electron chi connectivity index (χ2n) is 4.59. The van der Waals surface area contributed by atoms with E-state index in [0.717, 1.165) is 21.6 Å². The molecule has 0 aliphatic heterocycles. The third kappa shape index (κ3) is 1.60. The highest BCUT2D eigenvalue weighted by Gasteiger charge is 2.12. The van der Waals surface area contributed by atoms with Crippen LogP contribution in [0.15, 0.2) is 18.2 Å². The normalized spacial score (nSPS) is 15.1. The van der Waals surface area contributed by atoms with E-state index in [1.54, 1.807) is 0 Å². The highest BCUT2D eigenvalue weighted by atomic mass is 35.5. The average molecular weight is 232 g/mol. The van der Waals surface area contributed by atoms with E-state index in [1.165, 1.54) is 36.8 Å². The van der Waals surface area contributed by atoms with Gasteiger partial charge in [-0.3, -0.25) is 4.98 Å². The summed E-state index contributed by atoms with van der Waals surface area (Å²) in [5.41, 5.74) is 4.97. The summed E-state index contributed by atoms with van der Waals surface area (Å²) in [4.78, 5) is 4.56. The van der Waals surface area contributed by atoms with Gasteiger partial charge < -0.3 is 0 Å². The fourth-order valence-electron chi connectivity index (χ4n) is 2.54. The van der Waals surface area contributed by atoms with E-state index in [9.17, 15) is 0 Å². The fourth-order valence-corrected chi connectivity index (χ4v) is 2.85. The van der Waals surface area contributed by atoms with Crippen LogP contribution in [0.5, 0.6) is 0 Å². The van der Waals surface area contributed by atoms with Crippen LogP contribution < -0.4 is 0 Å². The second kappa shape index (κ2) is 3.74. The molecule has 1 aromatic carbocycles. The molecule has 0 atom stereocenters. The fraction of sp³-hybridized carbons (Fsp3) is 0.357. The molecule has 0 amide bonds. The van der Waals surface area contributed by atoms with Gasteiger partial charge in [0.2, 0.25) is 0 Å². The van der Waals surface area contributed by atoms with E-state index < -0.39 is 0 Å². The Hall–Kier alpha value is -1.08. The first-order valence-electron chi connectivity index (χ1n) is 5.83. The Balaban J connectivity index is 2.31. The maximum atomic E-state index is 6.26. The molecule has 1 heterocycles. The first-order chi connectivity index (χ1) is 7.74. The number of pyridine rings is 1. The number of hydrogen-bond acceptors (Lipinski definition) is 1. The minimum absolute atomic E-state index is 0.830. The Morgan fingerprint density at radius 3 is 2.50 bits per heavy atom. The summed E-state index contributed by atoms with van der Waals surface area (Å²) in [6, 6.07) is 6.40. The summed E-state index contributed by atoms with van der Waals surface area (Å²) >= 11 is 6.26. The zero-order chi connectivity index (χ0) is 11.1. The highest BCUT2D eigenvalue weighted by molar-refractivity contribution is 6.35. The van der Waals surface area contributed by atoms with Gasteiger partial charge in [-0.15, -0.1) is 0 Å². The minimum Gasteiger partial charge on any atom is -0.253 e. The Morgan fingerprint density at radius 2 is 1.75 bits per heavy atom. The number of aryl methyl sites for hydroxylation is 3. The zero-order valence-electron chi connectivity index (χ0n) is 9.39. The topological polar surface area (TPSA) is 12.9 Å². The van der Waals surface area contributed by atoms with Crippen LogP contribution >= 0.6 is 11.6 Å². The molecule has 0 N–H and O–H groups in total. The lowest BCUT2D eigenvalue weighted by atomic mass is 9.90. The molecule has 82 valence electrons. The van der Waals surface area contributed by atoms with Gasteiger partial charge in [0.05, 0.1) is 10.5 Å². The number of fused-ring (bicyclic) bond motifs is 2. The van der Waals surface area contributed by atoms with Crippen molar-refractivity contribution in [3.63, 3.8) is 0 Å². The van der Waals surface area contributed by atoms with Gasteiger partial charge in [-0.2, -0.15) is 0 Å². The molecule has 0 saturated carbocycles. The first kappa shape index (κ1) is 10.1. The summed E-state index contributed by atoms with van der Waals surface area (Å²) in [7, 11) is 0. The molecular formula is C14H14ClN. The van der Waals surface area contributed by atoms with E-state index in [1.807, 2.05) is 13.0 Å². The molecule has 3 rings (SSSR count). The summed E-state index contributed by atoms with van der Waals surface area (Å²) in [5, 5.41) is 1.93. The Labute approximate surface area is 100 Å². The Morgan fingerprint density at radius 1 is 1.06 bits per heavy atom. The molecular weight excluding hydrogens is 218 g/mol. The maximum Gasteiger partial charge on any atom is 0.0723 e. The van der Waals surface area contributed by atoms with Crippen molar-refractivity contribution < 1.29 is 0 Å². The molecule has 0 unspecified atom stereocenters. The van der Waals surface area contributed by atoms with E-state index in [2.05, 4.69) is 17.1 Å². The predicted molar refractivity (Wildman–Crippen MR) is 68.1 cm³/mol. The van der Waals surface area contributed by atoms with Crippen LogP contribution in [0.4, 0.5) is 0 Å². The van der Waals surface area contributed by atoms with Crippen LogP contribution in [0.3, 0.4) is 0 Å². The molecule has 1 aliphatic carbocycles. The van der Waals surface area contributed by atoms with E-state index in [4.69, 9.17) is 11.6 Å². The van der Waals surface area contributed by atoms with Gasteiger partial charge in [0.1, 0.15) is 0 Å². The van der Waals surface area contributed by atoms with Crippen molar-refractivity contribution in [3.8, 4) is 0 Å². The lowest BCUT2D eigenvalue weighted by Crippen LogP contribution is -2.02. The third-order valence-corrected chi connectivity index (χ3v) is 3.66. The number of rotatable bonds is 0. The van der Waals surface area contributed by atoms with Gasteiger partial charge in [0.15, 0.2) is 0 Å². The molecule has 0 radical (unpaired) electrons. The summed E-state index contributed by atoms with van der Waals surface area (Å²) in [5.74, 6) is 0. The number of nitrogens with zero attached hydrogens (tertiary/aromatic N) is 1. The van der Waals surface area contributed by atoms with Gasteiger partial charge >= 0.3 is 0 Å². The molecule has 1 nitrogen and oxygen atoms in total. The lowest BCUT2D eigenvalue weighted by Gasteiger charge is -2.16. The van der Waals surface area contributed by atoms with E-state index in [0.29, 0.717) is 0 Å². The largest absolute Gasteiger partial charge is 0.253 e. The summed E-state index contributed by atoms with van der Waals surface area (Å²) in [6.07, 6.45) is 4.99. The third-order valence-electron chi connectivity index (χ3n) is 3.35. The zero-order valence-corrected chi connectivity index (χ0v) is 10.1. The van der Waals surface area contributed by atoms with Gasteiger partial charge in [0.25, 0.3) is 0 Å². The number of benzene rings is 1. The number of hydrogen-bond donors (Lipinski definition) is 0. The molecule has 2 aromatic rings. The molecule has 2 heteroatoms. The van der Waals surface area contributed by atoms with Crippen LogP contribution in [-0.4, -0.2) is 4.98 Å². The second-order valence-corrected chi connectivity index (χ2v) is 5.00. The smallest absolute Gasteiger partial charge is 0.0723 e. The number of aromatic nitrogens is 1. The predicted octanol–water partition coefficient (Wildman–Crippen LogP) is 4.08. The lowest BCUT2D eigenvalue weighted by molar-refractivity contribution is 0.687.